The Bertz CT molecular complexity index is 320. The zero-order valence-corrected chi connectivity index (χ0v) is 10.8. The first-order valence-corrected chi connectivity index (χ1v) is 6.96. The van der Waals surface area contributed by atoms with E-state index < -0.39 is 5.97 Å². The third-order valence-corrected chi connectivity index (χ3v) is 4.99. The first-order valence-electron chi connectivity index (χ1n) is 4.89. The van der Waals surface area contributed by atoms with Gasteiger partial charge < -0.3 is 0 Å². The van der Waals surface area contributed by atoms with E-state index >= 15 is 0 Å². The van der Waals surface area contributed by atoms with Crippen LogP contribution in [-0.4, -0.2) is 26.0 Å². The van der Waals surface area contributed by atoms with E-state index in [9.17, 15) is 4.79 Å². The topological polar surface area (TPSA) is 37.3 Å². The Balaban J connectivity index is 2.46. The zero-order chi connectivity index (χ0) is 11.3. The summed E-state index contributed by atoms with van der Waals surface area (Å²) in [5.74, 6) is -0.699. The predicted molar refractivity (Wildman–Crippen MR) is 62.2 cm³/mol. The van der Waals surface area contributed by atoms with Crippen LogP contribution in [0, 0.1) is 0 Å². The summed E-state index contributed by atoms with van der Waals surface area (Å²) in [6.45, 7) is 4.06. The molecule has 0 aliphatic carbocycles. The fraction of sp³-hybridized carbons (Fsp3) is 0.417. The molecule has 0 saturated heterocycles. The van der Waals surface area contributed by atoms with Gasteiger partial charge in [0.15, 0.2) is 0 Å². The van der Waals surface area contributed by atoms with Gasteiger partial charge >= 0.3 is 96.6 Å². The fourth-order valence-corrected chi connectivity index (χ4v) is 3.31. The summed E-state index contributed by atoms with van der Waals surface area (Å²) in [6.07, 6.45) is 0.264. The molecule has 0 spiro atoms. The van der Waals surface area contributed by atoms with Gasteiger partial charge in [0.25, 0.3) is 0 Å². The molecule has 1 N–H and O–H groups in total. The fourth-order valence-electron chi connectivity index (χ4n) is 1.27. The van der Waals surface area contributed by atoms with Crippen LogP contribution in [0.1, 0.15) is 25.8 Å². The third kappa shape index (κ3) is 5.01. The quantitative estimate of drug-likeness (QED) is 0.836. The minimum absolute atomic E-state index is 0.0608. The van der Waals surface area contributed by atoms with Gasteiger partial charge in [-0.25, -0.2) is 0 Å². The SMILES string of the molecule is CC(C)(CC(=O)O)[Se]Cc1ccccc1. The van der Waals surface area contributed by atoms with Crippen LogP contribution in [0.4, 0.5) is 0 Å². The van der Waals surface area contributed by atoms with Crippen LogP contribution in [0.15, 0.2) is 30.3 Å². The number of hydrogen-bond acceptors (Lipinski definition) is 1. The van der Waals surface area contributed by atoms with Crippen LogP contribution in [0.3, 0.4) is 0 Å². The van der Waals surface area contributed by atoms with Gasteiger partial charge in [-0.05, 0) is 0 Å². The normalized spacial score (nSPS) is 11.3. The summed E-state index contributed by atoms with van der Waals surface area (Å²) in [6, 6.07) is 10.2. The Morgan fingerprint density at radius 2 is 1.93 bits per heavy atom. The number of carboxylic acids is 1. The van der Waals surface area contributed by atoms with Gasteiger partial charge in [-0.15, -0.1) is 0 Å². The van der Waals surface area contributed by atoms with E-state index in [-0.39, 0.29) is 10.7 Å². The van der Waals surface area contributed by atoms with Crippen LogP contribution >= 0.6 is 0 Å². The Morgan fingerprint density at radius 1 is 1.33 bits per heavy atom. The van der Waals surface area contributed by atoms with E-state index in [0.29, 0.717) is 15.0 Å². The predicted octanol–water partition coefficient (Wildman–Crippen LogP) is 2.56. The second-order valence-corrected chi connectivity index (χ2v) is 7.63. The van der Waals surface area contributed by atoms with Crippen molar-refractivity contribution in [2.75, 3.05) is 0 Å². The number of carbonyl (C=O) groups is 1. The summed E-state index contributed by atoms with van der Waals surface area (Å²) < 4.78 is -0.0608. The van der Waals surface area contributed by atoms with Crippen molar-refractivity contribution >= 4 is 20.9 Å². The molecule has 2 nitrogen and oxygen atoms in total. The molecule has 0 atom stereocenters. The van der Waals surface area contributed by atoms with Crippen molar-refractivity contribution in [3.8, 4) is 0 Å². The molecule has 3 heteroatoms. The summed E-state index contributed by atoms with van der Waals surface area (Å²) in [7, 11) is 0. The number of benzene rings is 1. The first-order chi connectivity index (χ1) is 6.99. The van der Waals surface area contributed by atoms with E-state index in [1.54, 1.807) is 0 Å². The van der Waals surface area contributed by atoms with Crippen molar-refractivity contribution in [2.45, 2.75) is 29.9 Å². The maximum absolute atomic E-state index is 10.6. The first kappa shape index (κ1) is 12.3. The minimum atomic E-state index is -0.699. The van der Waals surface area contributed by atoms with E-state index in [1.807, 2.05) is 32.0 Å². The van der Waals surface area contributed by atoms with Gasteiger partial charge in [0.2, 0.25) is 0 Å². The Morgan fingerprint density at radius 3 is 2.47 bits per heavy atom. The molecular weight excluding hydrogens is 255 g/mol. The van der Waals surface area contributed by atoms with Gasteiger partial charge in [0.05, 0.1) is 0 Å². The zero-order valence-electron chi connectivity index (χ0n) is 9.06. The molecule has 1 rings (SSSR count). The molecule has 0 bridgehead atoms. The van der Waals surface area contributed by atoms with Gasteiger partial charge in [0, 0.05) is 0 Å². The number of rotatable bonds is 5. The van der Waals surface area contributed by atoms with Crippen molar-refractivity contribution in [1.82, 2.24) is 0 Å². The number of hydrogen-bond donors (Lipinski definition) is 1. The summed E-state index contributed by atoms with van der Waals surface area (Å²) in [5, 5.41) is 9.76. The molecular formula is C12H16O2Se. The molecule has 0 aliphatic rings. The molecule has 0 unspecified atom stereocenters. The maximum atomic E-state index is 10.6. The molecule has 0 heterocycles. The van der Waals surface area contributed by atoms with Crippen LogP contribution in [0.5, 0.6) is 0 Å². The molecule has 0 saturated carbocycles. The van der Waals surface area contributed by atoms with Crippen LogP contribution in [-0.2, 0) is 10.1 Å². The van der Waals surface area contributed by atoms with Gasteiger partial charge in [0.1, 0.15) is 0 Å². The molecule has 0 radical (unpaired) electrons. The number of aliphatic carboxylic acids is 1. The average Bonchev–Trinajstić information content (AvgIpc) is 2.15. The van der Waals surface area contributed by atoms with E-state index in [2.05, 4.69) is 12.1 Å². The molecule has 0 aliphatic heterocycles. The van der Waals surface area contributed by atoms with Gasteiger partial charge in [-0.2, -0.15) is 0 Å². The van der Waals surface area contributed by atoms with E-state index in [4.69, 9.17) is 5.11 Å². The Labute approximate surface area is 96.9 Å². The van der Waals surface area contributed by atoms with E-state index in [0.717, 1.165) is 5.32 Å². The Hall–Kier alpha value is -0.791. The molecule has 82 valence electrons. The monoisotopic (exact) mass is 272 g/mol. The van der Waals surface area contributed by atoms with Crippen molar-refractivity contribution in [1.29, 1.82) is 0 Å². The van der Waals surface area contributed by atoms with Crippen LogP contribution < -0.4 is 0 Å². The molecule has 1 aromatic rings. The summed E-state index contributed by atoms with van der Waals surface area (Å²) in [5.41, 5.74) is 1.30. The summed E-state index contributed by atoms with van der Waals surface area (Å²) >= 11 is 0.326. The van der Waals surface area contributed by atoms with Gasteiger partial charge in [-0.1, -0.05) is 0 Å². The standard InChI is InChI=1S/C12H16O2Se/c1-12(2,8-11(13)14)15-9-10-6-4-3-5-7-10/h3-7H,8-9H2,1-2H3,(H,13,14). The van der Waals surface area contributed by atoms with Gasteiger partial charge in [-0.3, -0.25) is 0 Å². The molecule has 0 amide bonds. The van der Waals surface area contributed by atoms with Crippen molar-refractivity contribution in [3.05, 3.63) is 35.9 Å². The average molecular weight is 271 g/mol. The third-order valence-electron chi connectivity index (χ3n) is 2.05. The van der Waals surface area contributed by atoms with Crippen molar-refractivity contribution in [2.24, 2.45) is 0 Å². The number of carboxylic acid groups (broad SMARTS) is 1. The molecule has 15 heavy (non-hydrogen) atoms. The van der Waals surface area contributed by atoms with Crippen molar-refractivity contribution < 1.29 is 9.90 Å². The second-order valence-electron chi connectivity index (χ2n) is 4.10. The Kier molecular flexibility index (Phi) is 4.37. The molecule has 0 aromatic heterocycles. The van der Waals surface area contributed by atoms with E-state index in [1.165, 1.54) is 5.56 Å². The second kappa shape index (κ2) is 5.34. The van der Waals surface area contributed by atoms with Crippen LogP contribution in [0.2, 0.25) is 4.31 Å². The molecule has 1 aromatic carbocycles. The summed E-state index contributed by atoms with van der Waals surface area (Å²) in [4.78, 5) is 10.6. The molecule has 0 fully saturated rings. The van der Waals surface area contributed by atoms with Crippen LogP contribution in [0.25, 0.3) is 0 Å². The van der Waals surface area contributed by atoms with Crippen molar-refractivity contribution in [3.63, 3.8) is 0 Å².